The van der Waals surface area contributed by atoms with Crippen molar-refractivity contribution in [2.75, 3.05) is 19.7 Å². The second kappa shape index (κ2) is 5.66. The maximum atomic E-state index is 12.4. The summed E-state index contributed by atoms with van der Waals surface area (Å²) in [5, 5.41) is 6.29. The number of para-hydroxylation sites is 1. The van der Waals surface area contributed by atoms with E-state index in [0.29, 0.717) is 13.2 Å². The number of benzene rings is 1. The molecule has 21 heavy (non-hydrogen) atoms. The van der Waals surface area contributed by atoms with Gasteiger partial charge in [-0.2, -0.15) is 0 Å². The lowest BCUT2D eigenvalue weighted by molar-refractivity contribution is -0.135. The number of fused-ring (bicyclic) bond motifs is 1. The van der Waals surface area contributed by atoms with Crippen molar-refractivity contribution in [3.05, 3.63) is 29.8 Å². The summed E-state index contributed by atoms with van der Waals surface area (Å²) in [7, 11) is 0. The minimum Gasteiger partial charge on any atom is -0.487 e. The van der Waals surface area contributed by atoms with Crippen LogP contribution in [-0.4, -0.2) is 37.3 Å². The van der Waals surface area contributed by atoms with Gasteiger partial charge in [0.25, 0.3) is 5.91 Å². The Bertz CT molecular complexity index is 524. The second-order valence-corrected chi connectivity index (χ2v) is 6.23. The van der Waals surface area contributed by atoms with Gasteiger partial charge in [0.1, 0.15) is 17.5 Å². The number of hydrogen-bond acceptors (Lipinski definition) is 4. The third-order valence-corrected chi connectivity index (χ3v) is 3.91. The lowest BCUT2D eigenvalue weighted by Crippen LogP contribution is -2.50. The van der Waals surface area contributed by atoms with E-state index in [1.54, 1.807) is 0 Å². The minimum absolute atomic E-state index is 0.0389. The van der Waals surface area contributed by atoms with Gasteiger partial charge in [-0.25, -0.2) is 0 Å². The molecule has 0 saturated carbocycles. The molecule has 1 amide bonds. The lowest BCUT2D eigenvalue weighted by Gasteiger charge is -2.38. The molecule has 0 spiro atoms. The molecule has 1 aromatic rings. The van der Waals surface area contributed by atoms with Crippen molar-refractivity contribution in [1.82, 2.24) is 10.6 Å². The molecule has 5 nitrogen and oxygen atoms in total. The number of hydrogen-bond donors (Lipinski definition) is 2. The van der Waals surface area contributed by atoms with E-state index in [-0.39, 0.29) is 17.6 Å². The summed E-state index contributed by atoms with van der Waals surface area (Å²) in [6.07, 6.45) is 0.340. The van der Waals surface area contributed by atoms with E-state index in [1.807, 2.05) is 38.1 Å². The first-order valence-corrected chi connectivity index (χ1v) is 7.46. The van der Waals surface area contributed by atoms with Gasteiger partial charge in [-0.1, -0.05) is 18.2 Å². The maximum absolute atomic E-state index is 12.4. The fourth-order valence-corrected chi connectivity index (χ4v) is 2.93. The molecule has 1 aromatic carbocycles. The maximum Gasteiger partial charge on any atom is 0.250 e. The number of carbonyl (C=O) groups is 1. The molecule has 0 bridgehead atoms. The summed E-state index contributed by atoms with van der Waals surface area (Å²) in [5.41, 5.74) is 0.742. The first-order chi connectivity index (χ1) is 10.1. The summed E-state index contributed by atoms with van der Waals surface area (Å²) in [6.45, 7) is 6.03. The molecule has 1 saturated heterocycles. The number of carbonyl (C=O) groups excluding carboxylic acids is 1. The van der Waals surface area contributed by atoms with Crippen LogP contribution < -0.4 is 15.4 Å². The number of morpholine rings is 1. The predicted molar refractivity (Wildman–Crippen MR) is 79.3 cm³/mol. The van der Waals surface area contributed by atoms with Gasteiger partial charge >= 0.3 is 0 Å². The molecular formula is C16H22N2O3. The summed E-state index contributed by atoms with van der Waals surface area (Å²) in [6, 6.07) is 7.85. The summed E-state index contributed by atoms with van der Waals surface area (Å²) in [4.78, 5) is 12.4. The zero-order valence-corrected chi connectivity index (χ0v) is 12.5. The largest absolute Gasteiger partial charge is 0.487 e. The highest BCUT2D eigenvalue weighted by molar-refractivity contribution is 5.81. The van der Waals surface area contributed by atoms with Crippen LogP contribution >= 0.6 is 0 Å². The number of nitrogens with one attached hydrogen (secondary N) is 2. The van der Waals surface area contributed by atoms with E-state index in [0.717, 1.165) is 24.3 Å². The van der Waals surface area contributed by atoms with Gasteiger partial charge in [-0.3, -0.25) is 4.79 Å². The first kappa shape index (κ1) is 14.4. The quantitative estimate of drug-likeness (QED) is 0.864. The normalized spacial score (nSPS) is 27.3. The molecule has 5 heteroatoms. The topological polar surface area (TPSA) is 59.6 Å². The van der Waals surface area contributed by atoms with Gasteiger partial charge in [0.2, 0.25) is 0 Å². The van der Waals surface area contributed by atoms with Gasteiger partial charge in [0, 0.05) is 25.1 Å². The Hall–Kier alpha value is -1.59. The van der Waals surface area contributed by atoms with E-state index in [4.69, 9.17) is 9.47 Å². The van der Waals surface area contributed by atoms with Crippen LogP contribution in [0.25, 0.3) is 0 Å². The average Bonchev–Trinajstić information content (AvgIpc) is 2.47. The van der Waals surface area contributed by atoms with Gasteiger partial charge in [0.05, 0.1) is 12.6 Å². The van der Waals surface area contributed by atoms with Crippen LogP contribution in [0.3, 0.4) is 0 Å². The Morgan fingerprint density at radius 2 is 2.19 bits per heavy atom. The van der Waals surface area contributed by atoms with Crippen molar-refractivity contribution in [1.29, 1.82) is 0 Å². The molecule has 2 aliphatic rings. The van der Waals surface area contributed by atoms with E-state index < -0.39 is 6.10 Å². The van der Waals surface area contributed by atoms with Crippen molar-refractivity contribution in [2.45, 2.75) is 38.0 Å². The Balaban J connectivity index is 1.76. The monoisotopic (exact) mass is 290 g/mol. The SMILES string of the molecule is CC1(C)CC(NC(=O)C2CNCCO2)c2ccccc2O1. The fourth-order valence-electron chi connectivity index (χ4n) is 2.93. The zero-order chi connectivity index (χ0) is 14.9. The van der Waals surface area contributed by atoms with Gasteiger partial charge in [-0.05, 0) is 19.9 Å². The fraction of sp³-hybridized carbons (Fsp3) is 0.562. The van der Waals surface area contributed by atoms with Crippen molar-refractivity contribution in [3.8, 4) is 5.75 Å². The van der Waals surface area contributed by atoms with E-state index in [9.17, 15) is 4.79 Å². The molecule has 114 valence electrons. The molecule has 2 heterocycles. The number of ether oxygens (including phenoxy) is 2. The molecular weight excluding hydrogens is 268 g/mol. The van der Waals surface area contributed by atoms with E-state index >= 15 is 0 Å². The van der Waals surface area contributed by atoms with Crippen LogP contribution in [0.5, 0.6) is 5.75 Å². The average molecular weight is 290 g/mol. The molecule has 0 aromatic heterocycles. The molecule has 3 rings (SSSR count). The number of amides is 1. The molecule has 2 unspecified atom stereocenters. The highest BCUT2D eigenvalue weighted by atomic mass is 16.5. The molecule has 2 aliphatic heterocycles. The standard InChI is InChI=1S/C16H22N2O3/c1-16(2)9-12(11-5-3-4-6-13(11)21-16)18-15(19)14-10-17-7-8-20-14/h3-6,12,14,17H,7-10H2,1-2H3,(H,18,19). The highest BCUT2D eigenvalue weighted by Gasteiger charge is 2.35. The summed E-state index contributed by atoms with van der Waals surface area (Å²) < 4.78 is 11.5. The third kappa shape index (κ3) is 3.19. The molecule has 1 fully saturated rings. The van der Waals surface area contributed by atoms with E-state index in [2.05, 4.69) is 10.6 Å². The smallest absolute Gasteiger partial charge is 0.250 e. The van der Waals surface area contributed by atoms with Crippen LogP contribution in [0.15, 0.2) is 24.3 Å². The Morgan fingerprint density at radius 1 is 1.38 bits per heavy atom. The molecule has 2 N–H and O–H groups in total. The van der Waals surface area contributed by atoms with E-state index in [1.165, 1.54) is 0 Å². The highest BCUT2D eigenvalue weighted by Crippen LogP contribution is 2.39. The Morgan fingerprint density at radius 3 is 2.95 bits per heavy atom. The lowest BCUT2D eigenvalue weighted by atomic mass is 9.89. The predicted octanol–water partition coefficient (Wildman–Crippen LogP) is 1.39. The third-order valence-electron chi connectivity index (χ3n) is 3.91. The molecule has 0 radical (unpaired) electrons. The Kier molecular flexibility index (Phi) is 3.87. The van der Waals surface area contributed by atoms with Crippen LogP contribution in [0.4, 0.5) is 0 Å². The molecule has 2 atom stereocenters. The second-order valence-electron chi connectivity index (χ2n) is 6.23. The first-order valence-electron chi connectivity index (χ1n) is 7.46. The molecule has 0 aliphatic carbocycles. The van der Waals surface area contributed by atoms with Crippen LogP contribution in [0, 0.1) is 0 Å². The van der Waals surface area contributed by atoms with Crippen molar-refractivity contribution in [3.63, 3.8) is 0 Å². The zero-order valence-electron chi connectivity index (χ0n) is 12.5. The van der Waals surface area contributed by atoms with Crippen molar-refractivity contribution < 1.29 is 14.3 Å². The van der Waals surface area contributed by atoms with Crippen LogP contribution in [0.1, 0.15) is 31.9 Å². The summed E-state index contributed by atoms with van der Waals surface area (Å²) >= 11 is 0. The van der Waals surface area contributed by atoms with Gasteiger partial charge in [-0.15, -0.1) is 0 Å². The number of rotatable bonds is 2. The minimum atomic E-state index is -0.406. The van der Waals surface area contributed by atoms with Crippen LogP contribution in [-0.2, 0) is 9.53 Å². The van der Waals surface area contributed by atoms with Crippen molar-refractivity contribution >= 4 is 5.91 Å². The Labute approximate surface area is 125 Å². The van der Waals surface area contributed by atoms with Crippen molar-refractivity contribution in [2.24, 2.45) is 0 Å². The summed E-state index contributed by atoms with van der Waals surface area (Å²) in [5.74, 6) is 0.793. The van der Waals surface area contributed by atoms with Gasteiger partial charge < -0.3 is 20.1 Å². The van der Waals surface area contributed by atoms with Crippen LogP contribution in [0.2, 0.25) is 0 Å². The van der Waals surface area contributed by atoms with Gasteiger partial charge in [0.15, 0.2) is 0 Å².